The molecule has 0 spiro atoms. The molecule has 0 radical (unpaired) electrons. The van der Waals surface area contributed by atoms with Crippen LogP contribution in [0.15, 0.2) is 0 Å². The van der Waals surface area contributed by atoms with Crippen molar-refractivity contribution in [1.82, 2.24) is 4.98 Å². The lowest BCUT2D eigenvalue weighted by Gasteiger charge is -2.33. The summed E-state index contributed by atoms with van der Waals surface area (Å²) < 4.78 is 5.35. The van der Waals surface area contributed by atoms with Crippen molar-refractivity contribution in [3.05, 3.63) is 15.6 Å². The minimum absolute atomic E-state index is 0.137. The summed E-state index contributed by atoms with van der Waals surface area (Å²) in [5.74, 6) is 0. The monoisotopic (exact) mass is 227 g/mol. The van der Waals surface area contributed by atoms with Gasteiger partial charge < -0.3 is 9.84 Å². The van der Waals surface area contributed by atoms with Crippen molar-refractivity contribution in [2.75, 3.05) is 19.8 Å². The molecule has 1 aliphatic heterocycles. The quantitative estimate of drug-likeness (QED) is 0.837. The maximum Gasteiger partial charge on any atom is 0.102 e. The third-order valence-electron chi connectivity index (χ3n) is 3.23. The molecule has 3 nitrogen and oxygen atoms in total. The van der Waals surface area contributed by atoms with Gasteiger partial charge in [0.1, 0.15) is 5.01 Å². The summed E-state index contributed by atoms with van der Waals surface area (Å²) in [6, 6.07) is 0. The van der Waals surface area contributed by atoms with E-state index in [1.165, 1.54) is 4.88 Å². The Morgan fingerprint density at radius 3 is 2.53 bits per heavy atom. The summed E-state index contributed by atoms with van der Waals surface area (Å²) in [4.78, 5) is 5.83. The molecule has 2 heterocycles. The van der Waals surface area contributed by atoms with Crippen LogP contribution in [0, 0.1) is 13.8 Å². The van der Waals surface area contributed by atoms with E-state index in [9.17, 15) is 5.11 Å². The van der Waals surface area contributed by atoms with E-state index in [-0.39, 0.29) is 12.0 Å². The van der Waals surface area contributed by atoms with Crippen LogP contribution in [0.4, 0.5) is 0 Å². The van der Waals surface area contributed by atoms with Crippen LogP contribution in [0.2, 0.25) is 0 Å². The first-order valence-corrected chi connectivity index (χ1v) is 6.13. The number of aliphatic hydroxyl groups excluding tert-OH is 1. The first kappa shape index (κ1) is 11.0. The van der Waals surface area contributed by atoms with Crippen molar-refractivity contribution in [3.8, 4) is 0 Å². The fourth-order valence-corrected chi connectivity index (χ4v) is 3.05. The van der Waals surface area contributed by atoms with E-state index < -0.39 is 0 Å². The van der Waals surface area contributed by atoms with Crippen molar-refractivity contribution < 1.29 is 9.84 Å². The van der Waals surface area contributed by atoms with Crippen molar-refractivity contribution >= 4 is 11.3 Å². The molecular formula is C11H17NO2S. The minimum atomic E-state index is -0.137. The maximum absolute atomic E-state index is 9.61. The molecule has 0 amide bonds. The van der Waals surface area contributed by atoms with Crippen LogP contribution < -0.4 is 0 Å². The second-order valence-electron chi connectivity index (χ2n) is 4.21. The lowest BCUT2D eigenvalue weighted by atomic mass is 9.82. The molecular weight excluding hydrogens is 210 g/mol. The number of thiazole rings is 1. The van der Waals surface area contributed by atoms with Gasteiger partial charge in [-0.15, -0.1) is 11.3 Å². The van der Waals surface area contributed by atoms with Gasteiger partial charge in [0.2, 0.25) is 0 Å². The number of aliphatic hydroxyl groups is 1. The van der Waals surface area contributed by atoms with Crippen LogP contribution >= 0.6 is 11.3 Å². The molecule has 0 aliphatic carbocycles. The van der Waals surface area contributed by atoms with Gasteiger partial charge in [0.25, 0.3) is 0 Å². The van der Waals surface area contributed by atoms with Crippen molar-refractivity contribution in [1.29, 1.82) is 0 Å². The maximum atomic E-state index is 9.61. The Bertz CT molecular complexity index is 323. The topological polar surface area (TPSA) is 42.4 Å². The van der Waals surface area contributed by atoms with Crippen molar-refractivity contribution in [2.24, 2.45) is 0 Å². The molecule has 1 fully saturated rings. The van der Waals surface area contributed by atoms with E-state index in [0.29, 0.717) is 0 Å². The van der Waals surface area contributed by atoms with Crippen molar-refractivity contribution in [3.63, 3.8) is 0 Å². The van der Waals surface area contributed by atoms with Crippen molar-refractivity contribution in [2.45, 2.75) is 32.1 Å². The average molecular weight is 227 g/mol. The summed E-state index contributed by atoms with van der Waals surface area (Å²) in [6.07, 6.45) is 1.77. The molecule has 2 rings (SSSR count). The summed E-state index contributed by atoms with van der Waals surface area (Å²) in [5.41, 5.74) is 0.955. The molecule has 4 heteroatoms. The molecule has 1 aromatic rings. The summed E-state index contributed by atoms with van der Waals surface area (Å²) in [5, 5.41) is 10.7. The Morgan fingerprint density at radius 2 is 2.07 bits per heavy atom. The van der Waals surface area contributed by atoms with Crippen LogP contribution in [-0.4, -0.2) is 29.9 Å². The summed E-state index contributed by atoms with van der Waals surface area (Å²) in [6.45, 7) is 5.76. The van der Waals surface area contributed by atoms with Crippen LogP contribution in [0.5, 0.6) is 0 Å². The van der Waals surface area contributed by atoms with E-state index in [4.69, 9.17) is 4.74 Å². The minimum Gasteiger partial charge on any atom is -0.395 e. The fourth-order valence-electron chi connectivity index (χ4n) is 1.90. The van der Waals surface area contributed by atoms with Crippen LogP contribution in [0.25, 0.3) is 0 Å². The first-order chi connectivity index (χ1) is 7.18. The lowest BCUT2D eigenvalue weighted by Crippen LogP contribution is -2.37. The molecule has 0 atom stereocenters. The number of ether oxygens (including phenoxy) is 1. The highest BCUT2D eigenvalue weighted by Crippen LogP contribution is 2.37. The molecule has 0 unspecified atom stereocenters. The second kappa shape index (κ2) is 4.20. The van der Waals surface area contributed by atoms with Gasteiger partial charge in [-0.25, -0.2) is 4.98 Å². The van der Waals surface area contributed by atoms with E-state index in [0.717, 1.165) is 36.8 Å². The highest BCUT2D eigenvalue weighted by Gasteiger charge is 2.36. The number of nitrogens with zero attached hydrogens (tertiary/aromatic N) is 1. The van der Waals surface area contributed by atoms with E-state index in [2.05, 4.69) is 11.9 Å². The molecule has 0 aromatic carbocycles. The van der Waals surface area contributed by atoms with Gasteiger partial charge in [-0.1, -0.05) is 0 Å². The third-order valence-corrected chi connectivity index (χ3v) is 4.55. The summed E-state index contributed by atoms with van der Waals surface area (Å²) in [7, 11) is 0. The zero-order valence-corrected chi connectivity index (χ0v) is 10.1. The molecule has 1 saturated heterocycles. The van der Waals surface area contributed by atoms with Gasteiger partial charge >= 0.3 is 0 Å². The van der Waals surface area contributed by atoms with Gasteiger partial charge in [-0.2, -0.15) is 0 Å². The Labute approximate surface area is 94.1 Å². The van der Waals surface area contributed by atoms with Gasteiger partial charge in [-0.05, 0) is 26.7 Å². The molecule has 1 N–H and O–H groups in total. The smallest absolute Gasteiger partial charge is 0.102 e. The highest BCUT2D eigenvalue weighted by molar-refractivity contribution is 7.11. The second-order valence-corrected chi connectivity index (χ2v) is 5.41. The molecule has 0 bridgehead atoms. The Kier molecular flexibility index (Phi) is 3.09. The average Bonchev–Trinajstić information content (AvgIpc) is 2.61. The number of aromatic nitrogens is 1. The third kappa shape index (κ3) is 1.94. The predicted octanol–water partition coefficient (Wildman–Crippen LogP) is 1.80. The van der Waals surface area contributed by atoms with Crippen LogP contribution in [-0.2, 0) is 10.2 Å². The predicted molar refractivity (Wildman–Crippen MR) is 60.4 cm³/mol. The Balaban J connectivity index is 2.32. The van der Waals surface area contributed by atoms with E-state index >= 15 is 0 Å². The van der Waals surface area contributed by atoms with E-state index in [1.807, 2.05) is 6.92 Å². The SMILES string of the molecule is Cc1nc(C2(CO)CCOCC2)sc1C. The Morgan fingerprint density at radius 1 is 1.40 bits per heavy atom. The number of aryl methyl sites for hydroxylation is 2. The zero-order valence-electron chi connectivity index (χ0n) is 9.25. The number of hydrogen-bond acceptors (Lipinski definition) is 4. The van der Waals surface area contributed by atoms with Gasteiger partial charge in [0.05, 0.1) is 12.3 Å². The van der Waals surface area contributed by atoms with E-state index in [1.54, 1.807) is 11.3 Å². The summed E-state index contributed by atoms with van der Waals surface area (Å²) >= 11 is 1.72. The standard InChI is InChI=1S/C11H17NO2S/c1-8-9(2)15-10(12-8)11(7-13)3-5-14-6-4-11/h13H,3-7H2,1-2H3. The van der Waals surface area contributed by atoms with Gasteiger partial charge in [0.15, 0.2) is 0 Å². The fraction of sp³-hybridized carbons (Fsp3) is 0.727. The van der Waals surface area contributed by atoms with Gasteiger partial charge in [0, 0.05) is 23.5 Å². The Hall–Kier alpha value is -0.450. The molecule has 1 aromatic heterocycles. The zero-order chi connectivity index (χ0) is 10.9. The molecule has 84 valence electrons. The molecule has 15 heavy (non-hydrogen) atoms. The van der Waals surface area contributed by atoms with Gasteiger partial charge in [-0.3, -0.25) is 0 Å². The van der Waals surface area contributed by atoms with Crippen LogP contribution in [0.1, 0.15) is 28.4 Å². The number of rotatable bonds is 2. The lowest BCUT2D eigenvalue weighted by molar-refractivity contribution is 0.0252. The normalized spacial score (nSPS) is 20.5. The first-order valence-electron chi connectivity index (χ1n) is 5.31. The molecule has 1 aliphatic rings. The van der Waals surface area contributed by atoms with Crippen LogP contribution in [0.3, 0.4) is 0 Å². The molecule has 0 saturated carbocycles. The highest BCUT2D eigenvalue weighted by atomic mass is 32.1. The number of hydrogen-bond donors (Lipinski definition) is 1. The largest absolute Gasteiger partial charge is 0.395 e.